The van der Waals surface area contributed by atoms with Crippen LogP contribution in [0.3, 0.4) is 0 Å². The molecule has 2 unspecified atom stereocenters. The standard InChI is InChI=1S/C37H64N7O17P3S/c1-4-5-6-7-8-9-10-11-12-13-14-15-16-17-28(46)65-21-20-39-27(45)18-19-40-35(49)32(48)37(2,3)23-58-64(55,56)61-63(53,54)57-22-26-31(60-62(50,51)52)30(47)36(59-26)44-25-43-29-33(38)41-24-42-34(29)44/h9-10,24-26,30-32,36,47-48H,4-8,11-23H2,1-3H3,(H,39,45)(H,40,49)(H,53,54)(H,55,56)(H2,38,41,42)(H2,50,51,52)/p-4/b10-9-/t26-,30-,31-,32+,36-/m1/s1. The van der Waals surface area contributed by atoms with Crippen molar-refractivity contribution < 1.29 is 80.5 Å². The van der Waals surface area contributed by atoms with Crippen molar-refractivity contribution in [2.45, 2.75) is 135 Å². The minimum absolute atomic E-state index is 0.0190. The molecule has 7 atom stereocenters. The van der Waals surface area contributed by atoms with Gasteiger partial charge in [-0.2, -0.15) is 0 Å². The third-order valence-corrected chi connectivity index (χ3v) is 13.8. The first-order valence-electron chi connectivity index (χ1n) is 21.2. The lowest BCUT2D eigenvalue weighted by atomic mass is 9.87. The number of ether oxygens (including phenoxy) is 1. The Morgan fingerprint density at radius 1 is 0.938 bits per heavy atom. The summed E-state index contributed by atoms with van der Waals surface area (Å²) in [7, 11) is -17.6. The van der Waals surface area contributed by atoms with Crippen LogP contribution in [0.2, 0.25) is 0 Å². The van der Waals surface area contributed by atoms with Crippen LogP contribution < -0.4 is 35.9 Å². The van der Waals surface area contributed by atoms with E-state index in [4.69, 9.17) is 10.5 Å². The van der Waals surface area contributed by atoms with Crippen LogP contribution in [0, 0.1) is 5.41 Å². The molecule has 2 aromatic heterocycles. The number of nitrogens with zero attached hydrogens (tertiary/aromatic N) is 4. The molecule has 0 aliphatic carbocycles. The number of nitrogens with one attached hydrogen (secondary N) is 2. The summed E-state index contributed by atoms with van der Waals surface area (Å²) in [5, 5.41) is 26.4. The number of imidazole rings is 1. The lowest BCUT2D eigenvalue weighted by Crippen LogP contribution is -2.46. The second-order valence-electron chi connectivity index (χ2n) is 15.8. The maximum Gasteiger partial charge on any atom is 0.274 e. The van der Waals surface area contributed by atoms with E-state index in [1.807, 2.05) is 0 Å². The molecule has 0 spiro atoms. The Morgan fingerprint density at radius 2 is 1.58 bits per heavy atom. The number of carbonyl (C=O) groups excluding carboxylic acids is 3. The lowest BCUT2D eigenvalue weighted by Gasteiger charge is -2.36. The van der Waals surface area contributed by atoms with Gasteiger partial charge in [-0.15, -0.1) is 0 Å². The van der Waals surface area contributed by atoms with E-state index in [9.17, 15) is 57.9 Å². The topological polar surface area (TPSA) is 375 Å². The van der Waals surface area contributed by atoms with E-state index in [0.29, 0.717) is 12.2 Å². The number of phosphoric ester groups is 3. The van der Waals surface area contributed by atoms with Crippen LogP contribution in [0.4, 0.5) is 5.82 Å². The first kappa shape index (κ1) is 56.6. The molecule has 1 aliphatic heterocycles. The summed E-state index contributed by atoms with van der Waals surface area (Å²) in [6, 6.07) is 0. The number of unbranched alkanes of at least 4 members (excludes halogenated alkanes) is 9. The van der Waals surface area contributed by atoms with Crippen molar-refractivity contribution >= 4 is 69.1 Å². The van der Waals surface area contributed by atoms with E-state index in [-0.39, 0.29) is 41.6 Å². The number of fused-ring (bicyclic) bond motifs is 1. The van der Waals surface area contributed by atoms with Crippen molar-refractivity contribution in [1.82, 2.24) is 30.2 Å². The normalized spacial score (nSPS) is 20.4. The summed E-state index contributed by atoms with van der Waals surface area (Å²) in [5.41, 5.74) is 4.09. The number of carbonyl (C=O) groups is 3. The zero-order chi connectivity index (χ0) is 48.3. The largest absolute Gasteiger partial charge is 0.790 e. The van der Waals surface area contributed by atoms with E-state index in [0.717, 1.165) is 73.9 Å². The van der Waals surface area contributed by atoms with Crippen LogP contribution >= 0.6 is 35.2 Å². The van der Waals surface area contributed by atoms with Crippen molar-refractivity contribution in [3.05, 3.63) is 24.8 Å². The monoisotopic (exact) mass is 999 g/mol. The number of amides is 2. The zero-order valence-corrected chi connectivity index (χ0v) is 40.1. The number of aliphatic hydroxyl groups is 2. The summed E-state index contributed by atoms with van der Waals surface area (Å²) < 4.78 is 60.8. The van der Waals surface area contributed by atoms with Gasteiger partial charge in [0.25, 0.3) is 15.6 Å². The second-order valence-corrected chi connectivity index (χ2v) is 21.0. The number of hydrogen-bond acceptors (Lipinski definition) is 22. The fourth-order valence-electron chi connectivity index (χ4n) is 6.33. The average Bonchev–Trinajstić information content (AvgIpc) is 3.79. The number of anilines is 1. The van der Waals surface area contributed by atoms with Crippen LogP contribution in [0.15, 0.2) is 24.8 Å². The van der Waals surface area contributed by atoms with Crippen LogP contribution in [0.1, 0.15) is 110 Å². The smallest absolute Gasteiger partial charge is 0.274 e. The highest BCUT2D eigenvalue weighted by Crippen LogP contribution is 2.56. The molecule has 2 aromatic rings. The van der Waals surface area contributed by atoms with E-state index in [1.54, 1.807) is 0 Å². The van der Waals surface area contributed by atoms with Gasteiger partial charge < -0.3 is 69.0 Å². The predicted molar refractivity (Wildman–Crippen MR) is 228 cm³/mol. The lowest BCUT2D eigenvalue weighted by molar-refractivity contribution is -0.347. The van der Waals surface area contributed by atoms with Gasteiger partial charge >= 0.3 is 0 Å². The van der Waals surface area contributed by atoms with Gasteiger partial charge in [-0.05, 0) is 32.1 Å². The molecule has 1 saturated heterocycles. The van der Waals surface area contributed by atoms with Crippen LogP contribution in [0.5, 0.6) is 0 Å². The Bertz CT molecular complexity index is 2010. The summed E-state index contributed by atoms with van der Waals surface area (Å²) >= 11 is 1.13. The van der Waals surface area contributed by atoms with Gasteiger partial charge in [-0.25, -0.2) is 19.3 Å². The Morgan fingerprint density at radius 3 is 2.26 bits per heavy atom. The third kappa shape index (κ3) is 20.6. The van der Waals surface area contributed by atoms with Gasteiger partial charge in [0.1, 0.15) is 36.3 Å². The van der Waals surface area contributed by atoms with Crippen LogP contribution in [-0.4, -0.2) is 103 Å². The summed E-state index contributed by atoms with van der Waals surface area (Å²) in [6.07, 6.45) is 9.90. The maximum absolute atomic E-state index is 12.6. The summed E-state index contributed by atoms with van der Waals surface area (Å²) in [6.45, 7) is 2.37. The quantitative estimate of drug-likeness (QED) is 0.0393. The van der Waals surface area contributed by atoms with Crippen molar-refractivity contribution in [3.63, 3.8) is 0 Å². The average molecular weight is 1000 g/mol. The van der Waals surface area contributed by atoms with Gasteiger partial charge in [0.05, 0.1) is 27.4 Å². The molecule has 1 aliphatic rings. The number of aromatic nitrogens is 4. The Labute approximate surface area is 381 Å². The van der Waals surface area contributed by atoms with E-state index < -0.39 is 84.6 Å². The number of aliphatic hydroxyl groups excluding tert-OH is 2. The fourth-order valence-corrected chi connectivity index (χ4v) is 9.79. The van der Waals surface area contributed by atoms with Crippen molar-refractivity contribution in [1.29, 1.82) is 0 Å². The van der Waals surface area contributed by atoms with Crippen molar-refractivity contribution in [2.24, 2.45) is 5.41 Å². The summed E-state index contributed by atoms with van der Waals surface area (Å²) in [4.78, 5) is 96.7. The van der Waals surface area contributed by atoms with Crippen molar-refractivity contribution in [3.8, 4) is 0 Å². The Kier molecular flexibility index (Phi) is 23.8. The molecule has 2 amide bonds. The van der Waals surface area contributed by atoms with Crippen LogP contribution in [-0.2, 0) is 50.7 Å². The van der Waals surface area contributed by atoms with E-state index in [2.05, 4.69) is 62.5 Å². The van der Waals surface area contributed by atoms with Gasteiger partial charge in [-0.3, -0.25) is 28.1 Å². The molecule has 1 fully saturated rings. The number of nitrogen functional groups attached to an aromatic ring is 1. The SMILES string of the molecule is CCCCCC/C=C\CCCCCCCC(=O)SCCNC(=O)CCNC(=O)[C@H](O)C(C)(C)COP(=O)([O-])OP(=O)([O-])OC[C@H]1O[C@@H](n2cnc3c(N)ncnc32)[C@H](O)[C@@H]1OP(=O)([O-])[O-]. The number of phosphoric acid groups is 3. The molecule has 3 heterocycles. The number of nitrogens with two attached hydrogens (primary N) is 1. The minimum atomic E-state index is -5.92. The van der Waals surface area contributed by atoms with E-state index in [1.165, 1.54) is 39.5 Å². The van der Waals surface area contributed by atoms with Gasteiger partial charge in [-0.1, -0.05) is 83.2 Å². The molecule has 28 heteroatoms. The highest BCUT2D eigenvalue weighted by Gasteiger charge is 2.47. The number of hydrogen-bond donors (Lipinski definition) is 5. The molecule has 6 N–H and O–H groups in total. The first-order valence-corrected chi connectivity index (χ1v) is 26.5. The number of thioether (sulfide) groups is 1. The van der Waals surface area contributed by atoms with E-state index >= 15 is 0 Å². The molecule has 370 valence electrons. The molecule has 3 rings (SSSR count). The fraction of sp³-hybridized carbons (Fsp3) is 0.730. The zero-order valence-electron chi connectivity index (χ0n) is 36.6. The maximum atomic E-state index is 12.6. The van der Waals surface area contributed by atoms with Crippen molar-refractivity contribution in [2.75, 3.05) is 37.8 Å². The molecule has 0 aromatic carbocycles. The Balaban J connectivity index is 1.33. The molecule has 0 radical (unpaired) electrons. The Hall–Kier alpha value is -2.70. The number of rotatable bonds is 32. The molecular formula is C37H60N7O17P3S-4. The summed E-state index contributed by atoms with van der Waals surface area (Å²) in [5.74, 6) is -1.14. The van der Waals surface area contributed by atoms with Gasteiger partial charge in [0.15, 0.2) is 22.8 Å². The van der Waals surface area contributed by atoms with Gasteiger partial charge in [0, 0.05) is 37.1 Å². The third-order valence-electron chi connectivity index (χ3n) is 9.88. The molecule has 0 saturated carbocycles. The predicted octanol–water partition coefficient (Wildman–Crippen LogP) is 1.39. The minimum Gasteiger partial charge on any atom is -0.790 e. The number of allylic oxidation sites excluding steroid dienone is 2. The highest BCUT2D eigenvalue weighted by atomic mass is 32.2. The second kappa shape index (κ2) is 27.3. The molecular weight excluding hydrogens is 939 g/mol. The van der Waals surface area contributed by atoms with Crippen LogP contribution in [0.25, 0.3) is 11.2 Å². The highest BCUT2D eigenvalue weighted by molar-refractivity contribution is 8.13. The molecule has 24 nitrogen and oxygen atoms in total. The first-order chi connectivity index (χ1) is 30.6. The van der Waals surface area contributed by atoms with Gasteiger partial charge in [0.2, 0.25) is 11.8 Å². The molecule has 65 heavy (non-hydrogen) atoms. The molecule has 0 bridgehead atoms.